The van der Waals surface area contributed by atoms with E-state index in [1.54, 1.807) is 0 Å². The Morgan fingerprint density at radius 3 is 2.48 bits per heavy atom. The molecule has 0 radical (unpaired) electrons. The summed E-state index contributed by atoms with van der Waals surface area (Å²) in [4.78, 5) is 9.83. The highest BCUT2D eigenvalue weighted by molar-refractivity contribution is 14.0. The number of hydrogen-bond donors (Lipinski definition) is 1. The summed E-state index contributed by atoms with van der Waals surface area (Å²) in [5.74, 6) is 1.74. The average Bonchev–Trinajstić information content (AvgIpc) is 2.49. The number of halogens is 1. The van der Waals surface area contributed by atoms with Gasteiger partial charge in [-0.1, -0.05) is 27.7 Å². The fourth-order valence-corrected chi connectivity index (χ4v) is 3.56. The number of ether oxygens (including phenoxy) is 1. The van der Waals surface area contributed by atoms with E-state index >= 15 is 0 Å². The van der Waals surface area contributed by atoms with Gasteiger partial charge in [-0.05, 0) is 26.7 Å². The molecule has 0 bridgehead atoms. The van der Waals surface area contributed by atoms with Crippen molar-refractivity contribution in [1.29, 1.82) is 0 Å². The fraction of sp³-hybridized carbons (Fsp3) is 0.947. The SMILES string of the molecule is CCNC(=NCC1CN(CC(C)C)CCO1)N1CC(C)(C)C1(C)C.I. The highest BCUT2D eigenvalue weighted by Gasteiger charge is 2.53. The van der Waals surface area contributed by atoms with Crippen molar-refractivity contribution in [2.75, 3.05) is 45.9 Å². The number of nitrogens with one attached hydrogen (secondary N) is 1. The van der Waals surface area contributed by atoms with E-state index in [0.29, 0.717) is 11.3 Å². The first-order valence-corrected chi connectivity index (χ1v) is 9.57. The molecule has 2 aliphatic rings. The molecule has 2 aliphatic heterocycles. The van der Waals surface area contributed by atoms with E-state index in [0.717, 1.165) is 51.8 Å². The van der Waals surface area contributed by atoms with E-state index in [2.05, 4.69) is 63.6 Å². The average molecular weight is 466 g/mol. The Morgan fingerprint density at radius 1 is 1.28 bits per heavy atom. The third-order valence-corrected chi connectivity index (χ3v) is 5.77. The van der Waals surface area contributed by atoms with Gasteiger partial charge in [0.15, 0.2) is 5.96 Å². The Balaban J connectivity index is 0.00000312. The lowest BCUT2D eigenvalue weighted by Crippen LogP contribution is -2.72. The molecule has 0 aromatic carbocycles. The van der Waals surface area contributed by atoms with Crippen LogP contribution in [-0.4, -0.2) is 73.3 Å². The molecule has 0 aliphatic carbocycles. The van der Waals surface area contributed by atoms with Gasteiger partial charge >= 0.3 is 0 Å². The molecule has 0 amide bonds. The van der Waals surface area contributed by atoms with Crippen LogP contribution in [0.3, 0.4) is 0 Å². The van der Waals surface area contributed by atoms with Gasteiger partial charge < -0.3 is 15.0 Å². The van der Waals surface area contributed by atoms with Crippen LogP contribution in [0.1, 0.15) is 48.5 Å². The third kappa shape index (κ3) is 5.45. The summed E-state index contributed by atoms with van der Waals surface area (Å²) in [7, 11) is 0. The van der Waals surface area contributed by atoms with Crippen molar-refractivity contribution in [2.45, 2.75) is 60.1 Å². The molecular formula is C19H39IN4O. The second-order valence-corrected chi connectivity index (χ2v) is 8.87. The predicted octanol–water partition coefficient (Wildman–Crippen LogP) is 3.05. The standard InChI is InChI=1S/C19H38N4O.HI/c1-8-20-17(23-14-18(4,5)19(23,6)7)21-11-16-13-22(9-10-24-16)12-15(2)3;/h15-16H,8-14H2,1-7H3,(H,20,21);1H. The van der Waals surface area contributed by atoms with Gasteiger partial charge in [-0.15, -0.1) is 24.0 Å². The molecular weight excluding hydrogens is 427 g/mol. The van der Waals surface area contributed by atoms with Crippen LogP contribution >= 0.6 is 24.0 Å². The molecule has 148 valence electrons. The number of nitrogens with zero attached hydrogens (tertiary/aromatic N) is 3. The lowest BCUT2D eigenvalue weighted by molar-refractivity contribution is -0.0673. The van der Waals surface area contributed by atoms with Crippen LogP contribution in [-0.2, 0) is 4.74 Å². The summed E-state index contributed by atoms with van der Waals surface area (Å²) >= 11 is 0. The summed E-state index contributed by atoms with van der Waals surface area (Å²) in [6.45, 7) is 22.7. The lowest BCUT2D eigenvalue weighted by Gasteiger charge is -2.62. The predicted molar refractivity (Wildman–Crippen MR) is 117 cm³/mol. The van der Waals surface area contributed by atoms with Gasteiger partial charge in [0.05, 0.1) is 19.3 Å². The monoisotopic (exact) mass is 466 g/mol. The smallest absolute Gasteiger partial charge is 0.194 e. The van der Waals surface area contributed by atoms with Crippen molar-refractivity contribution < 1.29 is 4.74 Å². The molecule has 2 heterocycles. The first-order chi connectivity index (χ1) is 11.2. The van der Waals surface area contributed by atoms with Crippen LogP contribution in [0.5, 0.6) is 0 Å². The van der Waals surface area contributed by atoms with Gasteiger partial charge in [-0.2, -0.15) is 0 Å². The van der Waals surface area contributed by atoms with Gasteiger partial charge in [0.25, 0.3) is 0 Å². The van der Waals surface area contributed by atoms with Crippen molar-refractivity contribution in [3.63, 3.8) is 0 Å². The zero-order chi connectivity index (χ0) is 18.0. The fourth-order valence-electron chi connectivity index (χ4n) is 3.56. The second-order valence-electron chi connectivity index (χ2n) is 8.87. The highest BCUT2D eigenvalue weighted by atomic mass is 127. The molecule has 2 fully saturated rings. The van der Waals surface area contributed by atoms with Gasteiger partial charge in [-0.25, -0.2) is 0 Å². The van der Waals surface area contributed by atoms with E-state index in [4.69, 9.17) is 9.73 Å². The van der Waals surface area contributed by atoms with Crippen molar-refractivity contribution in [3.05, 3.63) is 0 Å². The molecule has 2 rings (SSSR count). The van der Waals surface area contributed by atoms with E-state index in [9.17, 15) is 0 Å². The number of morpholine rings is 1. The van der Waals surface area contributed by atoms with Crippen molar-refractivity contribution in [3.8, 4) is 0 Å². The number of likely N-dealkylation sites (tertiary alicyclic amines) is 1. The van der Waals surface area contributed by atoms with E-state index in [-0.39, 0.29) is 35.6 Å². The summed E-state index contributed by atoms with van der Waals surface area (Å²) in [6, 6.07) is 0. The lowest BCUT2D eigenvalue weighted by atomic mass is 9.65. The van der Waals surface area contributed by atoms with Gasteiger partial charge in [-0.3, -0.25) is 9.89 Å². The maximum atomic E-state index is 5.95. The van der Waals surface area contributed by atoms with E-state index < -0.39 is 0 Å². The summed E-state index contributed by atoms with van der Waals surface area (Å²) in [5.41, 5.74) is 0.448. The number of aliphatic imine (C=N–C) groups is 1. The summed E-state index contributed by atoms with van der Waals surface area (Å²) in [6.07, 6.45) is 0.212. The minimum absolute atomic E-state index is 0. The molecule has 1 unspecified atom stereocenters. The maximum Gasteiger partial charge on any atom is 0.194 e. The number of guanidine groups is 1. The molecule has 25 heavy (non-hydrogen) atoms. The molecule has 1 atom stereocenters. The minimum Gasteiger partial charge on any atom is -0.374 e. The van der Waals surface area contributed by atoms with Crippen LogP contribution in [0.15, 0.2) is 4.99 Å². The molecule has 6 heteroatoms. The molecule has 0 saturated carbocycles. The normalized spacial score (nSPS) is 26.2. The Kier molecular flexibility index (Phi) is 8.47. The highest BCUT2D eigenvalue weighted by Crippen LogP contribution is 2.46. The zero-order valence-corrected chi connectivity index (χ0v) is 19.6. The third-order valence-electron chi connectivity index (χ3n) is 5.77. The Morgan fingerprint density at radius 2 is 1.96 bits per heavy atom. The van der Waals surface area contributed by atoms with Gasteiger partial charge in [0, 0.05) is 43.7 Å². The first kappa shape index (κ1) is 23.0. The van der Waals surface area contributed by atoms with Crippen molar-refractivity contribution >= 4 is 29.9 Å². The number of rotatable bonds is 5. The van der Waals surface area contributed by atoms with Crippen LogP contribution < -0.4 is 5.32 Å². The van der Waals surface area contributed by atoms with Crippen molar-refractivity contribution in [2.24, 2.45) is 16.3 Å². The topological polar surface area (TPSA) is 40.1 Å². The molecule has 1 N–H and O–H groups in total. The Hall–Kier alpha value is -0.0800. The van der Waals surface area contributed by atoms with Crippen molar-refractivity contribution in [1.82, 2.24) is 15.1 Å². The minimum atomic E-state index is 0. The zero-order valence-electron chi connectivity index (χ0n) is 17.3. The Bertz CT molecular complexity index is 451. The molecule has 0 spiro atoms. The quantitative estimate of drug-likeness (QED) is 0.384. The molecule has 0 aromatic heterocycles. The van der Waals surface area contributed by atoms with Crippen LogP contribution in [0.25, 0.3) is 0 Å². The largest absolute Gasteiger partial charge is 0.374 e. The molecule has 5 nitrogen and oxygen atoms in total. The number of hydrogen-bond acceptors (Lipinski definition) is 3. The van der Waals surface area contributed by atoms with Crippen LogP contribution in [0.2, 0.25) is 0 Å². The summed E-state index contributed by atoms with van der Waals surface area (Å²) in [5, 5.41) is 3.47. The van der Waals surface area contributed by atoms with E-state index in [1.165, 1.54) is 0 Å². The van der Waals surface area contributed by atoms with Gasteiger partial charge in [0.1, 0.15) is 0 Å². The molecule has 2 saturated heterocycles. The Labute approximate surface area is 172 Å². The summed E-state index contributed by atoms with van der Waals surface area (Å²) < 4.78 is 5.95. The van der Waals surface area contributed by atoms with E-state index in [1.807, 2.05) is 0 Å². The van der Waals surface area contributed by atoms with Crippen LogP contribution in [0.4, 0.5) is 0 Å². The van der Waals surface area contributed by atoms with Gasteiger partial charge in [0.2, 0.25) is 0 Å². The second kappa shape index (κ2) is 9.22. The first-order valence-electron chi connectivity index (χ1n) is 9.57. The van der Waals surface area contributed by atoms with Crippen LogP contribution in [0, 0.1) is 11.3 Å². The molecule has 0 aromatic rings. The maximum absolute atomic E-state index is 5.95.